The number of aliphatic hydroxyl groups excluding tert-OH is 1. The van der Waals surface area contributed by atoms with E-state index in [0.29, 0.717) is 24.3 Å². The molecule has 1 aromatic carbocycles. The van der Waals surface area contributed by atoms with Gasteiger partial charge in [-0.2, -0.15) is 0 Å². The molecule has 4 nitrogen and oxygen atoms in total. The Kier molecular flexibility index (Phi) is 4.60. The molecule has 0 saturated carbocycles. The highest BCUT2D eigenvalue weighted by molar-refractivity contribution is 5.73. The van der Waals surface area contributed by atoms with E-state index in [1.807, 2.05) is 4.90 Å². The van der Waals surface area contributed by atoms with Crippen LogP contribution in [0.25, 0.3) is 0 Å². The van der Waals surface area contributed by atoms with Gasteiger partial charge < -0.3 is 15.3 Å². The van der Waals surface area contributed by atoms with Crippen LogP contribution in [0.1, 0.15) is 38.4 Å². The molecule has 1 atom stereocenters. The van der Waals surface area contributed by atoms with E-state index in [4.69, 9.17) is 0 Å². The molecule has 0 radical (unpaired) electrons. The fourth-order valence-electron chi connectivity index (χ4n) is 2.74. The van der Waals surface area contributed by atoms with E-state index in [0.717, 1.165) is 12.8 Å². The van der Waals surface area contributed by atoms with Gasteiger partial charge in [-0.3, -0.25) is 4.79 Å². The Bertz CT molecular complexity index is 483. The highest BCUT2D eigenvalue weighted by Crippen LogP contribution is 2.31. The SMILES string of the molecule is CC(=O)NC1CCN(c2c(F)cccc2[C@H](C)O)CC1. The summed E-state index contributed by atoms with van der Waals surface area (Å²) in [6, 6.07) is 4.94. The average molecular weight is 280 g/mol. The molecule has 110 valence electrons. The Balaban J connectivity index is 2.12. The van der Waals surface area contributed by atoms with Gasteiger partial charge in [-0.1, -0.05) is 12.1 Å². The molecule has 0 aromatic heterocycles. The van der Waals surface area contributed by atoms with Gasteiger partial charge in [0.05, 0.1) is 11.8 Å². The van der Waals surface area contributed by atoms with Crippen molar-refractivity contribution in [2.24, 2.45) is 0 Å². The molecule has 1 heterocycles. The molecule has 2 rings (SSSR count). The molecule has 1 aliphatic heterocycles. The third-order valence-corrected chi connectivity index (χ3v) is 3.69. The van der Waals surface area contributed by atoms with Crippen LogP contribution in [0.3, 0.4) is 0 Å². The smallest absolute Gasteiger partial charge is 0.217 e. The third kappa shape index (κ3) is 3.28. The van der Waals surface area contributed by atoms with Crippen molar-refractivity contribution in [1.29, 1.82) is 0 Å². The van der Waals surface area contributed by atoms with Gasteiger partial charge in [0.15, 0.2) is 0 Å². The Labute approximate surface area is 118 Å². The molecule has 5 heteroatoms. The van der Waals surface area contributed by atoms with Crippen molar-refractivity contribution in [3.05, 3.63) is 29.6 Å². The van der Waals surface area contributed by atoms with E-state index < -0.39 is 6.10 Å². The lowest BCUT2D eigenvalue weighted by molar-refractivity contribution is -0.119. The number of anilines is 1. The first-order valence-corrected chi connectivity index (χ1v) is 6.97. The summed E-state index contributed by atoms with van der Waals surface area (Å²) in [5.41, 5.74) is 1.10. The minimum atomic E-state index is -0.700. The Morgan fingerprint density at radius 2 is 2.10 bits per heavy atom. The minimum Gasteiger partial charge on any atom is -0.389 e. The van der Waals surface area contributed by atoms with Crippen molar-refractivity contribution in [2.45, 2.75) is 38.8 Å². The number of rotatable bonds is 3. The lowest BCUT2D eigenvalue weighted by Crippen LogP contribution is -2.44. The van der Waals surface area contributed by atoms with Gasteiger partial charge >= 0.3 is 0 Å². The highest BCUT2D eigenvalue weighted by atomic mass is 19.1. The number of hydrogen-bond acceptors (Lipinski definition) is 3. The maximum atomic E-state index is 14.1. The number of halogens is 1. The van der Waals surface area contributed by atoms with Crippen LogP contribution in [0.4, 0.5) is 10.1 Å². The van der Waals surface area contributed by atoms with Gasteiger partial charge in [-0.15, -0.1) is 0 Å². The molecule has 1 fully saturated rings. The number of amides is 1. The van der Waals surface area contributed by atoms with Crippen molar-refractivity contribution in [2.75, 3.05) is 18.0 Å². The molecule has 1 aliphatic rings. The summed E-state index contributed by atoms with van der Waals surface area (Å²) < 4.78 is 14.1. The van der Waals surface area contributed by atoms with E-state index in [1.54, 1.807) is 19.1 Å². The molecular weight excluding hydrogens is 259 g/mol. The fraction of sp³-hybridized carbons (Fsp3) is 0.533. The van der Waals surface area contributed by atoms with Crippen LogP contribution in [0, 0.1) is 5.82 Å². The van der Waals surface area contributed by atoms with Crippen LogP contribution in [-0.2, 0) is 4.79 Å². The molecule has 0 aliphatic carbocycles. The summed E-state index contributed by atoms with van der Waals surface area (Å²) in [6.45, 7) is 4.49. The maximum absolute atomic E-state index is 14.1. The zero-order valence-electron chi connectivity index (χ0n) is 11.9. The standard InChI is InChI=1S/C15H21FN2O2/c1-10(19)13-4-3-5-14(16)15(13)18-8-6-12(7-9-18)17-11(2)20/h3-5,10,12,19H,6-9H2,1-2H3,(H,17,20)/t10-/m0/s1. The molecule has 20 heavy (non-hydrogen) atoms. The van der Waals surface area contributed by atoms with E-state index in [1.165, 1.54) is 13.0 Å². The number of benzene rings is 1. The fourth-order valence-corrected chi connectivity index (χ4v) is 2.74. The summed E-state index contributed by atoms with van der Waals surface area (Å²) in [6.07, 6.45) is 0.870. The molecule has 1 saturated heterocycles. The van der Waals surface area contributed by atoms with Crippen molar-refractivity contribution in [3.8, 4) is 0 Å². The molecule has 2 N–H and O–H groups in total. The van der Waals surface area contributed by atoms with Crippen molar-refractivity contribution in [1.82, 2.24) is 5.32 Å². The second kappa shape index (κ2) is 6.22. The van der Waals surface area contributed by atoms with Gasteiger partial charge in [-0.25, -0.2) is 4.39 Å². The van der Waals surface area contributed by atoms with Crippen molar-refractivity contribution < 1.29 is 14.3 Å². The zero-order valence-corrected chi connectivity index (χ0v) is 11.9. The average Bonchev–Trinajstić information content (AvgIpc) is 2.39. The maximum Gasteiger partial charge on any atom is 0.217 e. The largest absolute Gasteiger partial charge is 0.389 e. The first kappa shape index (κ1) is 14.8. The number of carbonyl (C=O) groups is 1. The summed E-state index contributed by atoms with van der Waals surface area (Å²) in [5, 5.41) is 12.7. The number of piperidine rings is 1. The topological polar surface area (TPSA) is 52.6 Å². The predicted molar refractivity (Wildman–Crippen MR) is 76.1 cm³/mol. The number of nitrogens with one attached hydrogen (secondary N) is 1. The van der Waals surface area contributed by atoms with Crippen LogP contribution in [0.2, 0.25) is 0 Å². The van der Waals surface area contributed by atoms with Crippen LogP contribution in [0.5, 0.6) is 0 Å². The second-order valence-corrected chi connectivity index (χ2v) is 5.32. The lowest BCUT2D eigenvalue weighted by atomic mass is 10.0. The first-order chi connectivity index (χ1) is 9.49. The summed E-state index contributed by atoms with van der Waals surface area (Å²) >= 11 is 0. The second-order valence-electron chi connectivity index (χ2n) is 5.32. The Morgan fingerprint density at radius 1 is 1.45 bits per heavy atom. The monoisotopic (exact) mass is 280 g/mol. The van der Waals surface area contributed by atoms with E-state index >= 15 is 0 Å². The van der Waals surface area contributed by atoms with E-state index in [2.05, 4.69) is 5.32 Å². The van der Waals surface area contributed by atoms with Crippen molar-refractivity contribution in [3.63, 3.8) is 0 Å². The molecule has 1 aromatic rings. The van der Waals surface area contributed by atoms with Gasteiger partial charge in [0, 0.05) is 31.6 Å². The van der Waals surface area contributed by atoms with Crippen LogP contribution in [-0.4, -0.2) is 30.1 Å². The Hall–Kier alpha value is -1.62. The highest BCUT2D eigenvalue weighted by Gasteiger charge is 2.24. The Morgan fingerprint density at radius 3 is 2.65 bits per heavy atom. The van der Waals surface area contributed by atoms with Gasteiger partial charge in [0.25, 0.3) is 0 Å². The predicted octanol–water partition coefficient (Wildman–Crippen LogP) is 1.98. The molecule has 0 unspecified atom stereocenters. The quantitative estimate of drug-likeness (QED) is 0.890. The van der Waals surface area contributed by atoms with Gasteiger partial charge in [0.2, 0.25) is 5.91 Å². The number of hydrogen-bond donors (Lipinski definition) is 2. The van der Waals surface area contributed by atoms with E-state index in [9.17, 15) is 14.3 Å². The summed E-state index contributed by atoms with van der Waals surface area (Å²) in [4.78, 5) is 13.0. The molecule has 0 bridgehead atoms. The van der Waals surface area contributed by atoms with Gasteiger partial charge in [0.1, 0.15) is 5.82 Å². The molecular formula is C15H21FN2O2. The molecule has 0 spiro atoms. The summed E-state index contributed by atoms with van der Waals surface area (Å²) in [5.74, 6) is -0.333. The number of para-hydroxylation sites is 1. The van der Waals surface area contributed by atoms with Crippen LogP contribution in [0.15, 0.2) is 18.2 Å². The van der Waals surface area contributed by atoms with Gasteiger partial charge in [-0.05, 0) is 25.8 Å². The third-order valence-electron chi connectivity index (χ3n) is 3.69. The number of nitrogens with zero attached hydrogens (tertiary/aromatic N) is 1. The normalized spacial score (nSPS) is 17.9. The first-order valence-electron chi connectivity index (χ1n) is 6.97. The number of carbonyl (C=O) groups excluding carboxylic acids is 1. The molecule has 1 amide bonds. The zero-order chi connectivity index (χ0) is 14.7. The lowest BCUT2D eigenvalue weighted by Gasteiger charge is -2.35. The minimum absolute atomic E-state index is 0.0287. The van der Waals surface area contributed by atoms with E-state index in [-0.39, 0.29) is 17.8 Å². The van der Waals surface area contributed by atoms with Crippen molar-refractivity contribution >= 4 is 11.6 Å². The van der Waals surface area contributed by atoms with Crippen LogP contribution >= 0.6 is 0 Å². The van der Waals surface area contributed by atoms with Crippen LogP contribution < -0.4 is 10.2 Å². The summed E-state index contributed by atoms with van der Waals surface area (Å²) in [7, 11) is 0. The number of aliphatic hydroxyl groups is 1.